The van der Waals surface area contributed by atoms with Crippen LogP contribution < -0.4 is 5.90 Å². The van der Waals surface area contributed by atoms with Gasteiger partial charge in [0.1, 0.15) is 0 Å². The van der Waals surface area contributed by atoms with Crippen LogP contribution in [0, 0.1) is 0 Å². The number of ether oxygens (including phenoxy) is 1. The summed E-state index contributed by atoms with van der Waals surface area (Å²) < 4.78 is 5.11. The highest BCUT2D eigenvalue weighted by Gasteiger charge is 2.25. The Bertz CT molecular complexity index is 175. The van der Waals surface area contributed by atoms with Crippen molar-refractivity contribution < 1.29 is 19.5 Å². The molecule has 1 saturated heterocycles. The summed E-state index contributed by atoms with van der Waals surface area (Å²) in [6.07, 6.45) is -0.509. The summed E-state index contributed by atoms with van der Waals surface area (Å²) in [4.78, 5) is 17.8. The maximum atomic E-state index is 11.7. The second-order valence-corrected chi connectivity index (χ2v) is 3.07. The lowest BCUT2D eigenvalue weighted by Gasteiger charge is -2.29. The molecule has 0 radical (unpaired) electrons. The van der Waals surface area contributed by atoms with Gasteiger partial charge in [-0.25, -0.2) is 5.90 Å². The lowest BCUT2D eigenvalue weighted by Crippen LogP contribution is -2.47. The average molecular weight is 204 g/mol. The molecule has 1 unspecified atom stereocenters. The van der Waals surface area contributed by atoms with Gasteiger partial charge in [0, 0.05) is 26.1 Å². The summed E-state index contributed by atoms with van der Waals surface area (Å²) in [5.74, 6) is 4.80. The van der Waals surface area contributed by atoms with Crippen LogP contribution in [0.5, 0.6) is 0 Å². The summed E-state index contributed by atoms with van der Waals surface area (Å²) in [6, 6.07) is 0. The molecular weight excluding hydrogens is 188 g/mol. The minimum Gasteiger partial charge on any atom is -0.396 e. The Kier molecular flexibility index (Phi) is 4.81. The number of hydrogen-bond donors (Lipinski definition) is 2. The van der Waals surface area contributed by atoms with Crippen LogP contribution in [0.25, 0.3) is 0 Å². The highest BCUT2D eigenvalue weighted by Crippen LogP contribution is 2.04. The number of aliphatic hydroxyl groups excluding tert-OH is 1. The molecule has 6 heteroatoms. The quantitative estimate of drug-likeness (QED) is 0.544. The highest BCUT2D eigenvalue weighted by molar-refractivity contribution is 5.81. The third-order valence-electron chi connectivity index (χ3n) is 2.15. The number of morpholine rings is 1. The van der Waals surface area contributed by atoms with Crippen molar-refractivity contribution in [2.45, 2.75) is 12.5 Å². The molecule has 0 bridgehead atoms. The van der Waals surface area contributed by atoms with Gasteiger partial charge in [0.25, 0.3) is 5.91 Å². The van der Waals surface area contributed by atoms with E-state index in [-0.39, 0.29) is 18.9 Å². The van der Waals surface area contributed by atoms with E-state index in [1.165, 1.54) is 0 Å². The Morgan fingerprint density at radius 3 is 2.71 bits per heavy atom. The Morgan fingerprint density at radius 2 is 2.21 bits per heavy atom. The fraction of sp³-hybridized carbons (Fsp3) is 0.875. The first-order valence-electron chi connectivity index (χ1n) is 4.62. The van der Waals surface area contributed by atoms with Crippen LogP contribution in [-0.4, -0.2) is 54.9 Å². The van der Waals surface area contributed by atoms with E-state index in [1.54, 1.807) is 4.90 Å². The van der Waals surface area contributed by atoms with E-state index >= 15 is 0 Å². The lowest BCUT2D eigenvalue weighted by atomic mass is 10.2. The van der Waals surface area contributed by atoms with Crippen molar-refractivity contribution in [2.75, 3.05) is 32.9 Å². The van der Waals surface area contributed by atoms with Gasteiger partial charge in [-0.05, 0) is 0 Å². The number of nitrogens with two attached hydrogens (primary N) is 1. The fourth-order valence-electron chi connectivity index (χ4n) is 1.35. The zero-order valence-corrected chi connectivity index (χ0v) is 8.02. The second-order valence-electron chi connectivity index (χ2n) is 3.07. The first kappa shape index (κ1) is 11.4. The molecule has 0 aromatic heterocycles. The second kappa shape index (κ2) is 5.92. The number of nitrogens with zero attached hydrogens (tertiary/aromatic N) is 1. The van der Waals surface area contributed by atoms with Crippen molar-refractivity contribution in [3.05, 3.63) is 0 Å². The zero-order valence-electron chi connectivity index (χ0n) is 8.02. The van der Waals surface area contributed by atoms with Crippen molar-refractivity contribution in [3.63, 3.8) is 0 Å². The number of rotatable bonds is 4. The SMILES string of the molecule is NOC(CCO)C(=O)N1CCOCC1. The first-order chi connectivity index (χ1) is 6.79. The third-order valence-corrected chi connectivity index (χ3v) is 2.15. The standard InChI is InChI=1S/C8H16N2O4/c9-14-7(1-4-11)8(12)10-2-5-13-6-3-10/h7,11H,1-6,9H2. The van der Waals surface area contributed by atoms with Crippen molar-refractivity contribution >= 4 is 5.91 Å². The predicted molar refractivity (Wildman–Crippen MR) is 48.2 cm³/mol. The molecule has 3 N–H and O–H groups in total. The molecule has 1 fully saturated rings. The smallest absolute Gasteiger partial charge is 0.254 e. The number of aliphatic hydroxyl groups is 1. The maximum absolute atomic E-state index is 11.7. The van der Waals surface area contributed by atoms with Gasteiger partial charge in [0.05, 0.1) is 13.2 Å². The van der Waals surface area contributed by atoms with E-state index in [9.17, 15) is 4.79 Å². The number of amides is 1. The highest BCUT2D eigenvalue weighted by atomic mass is 16.6. The summed E-state index contributed by atoms with van der Waals surface area (Å²) in [6.45, 7) is 2.09. The Morgan fingerprint density at radius 1 is 1.57 bits per heavy atom. The largest absolute Gasteiger partial charge is 0.396 e. The van der Waals surface area contributed by atoms with Crippen LogP contribution in [0.1, 0.15) is 6.42 Å². The normalized spacial score (nSPS) is 19.4. The molecule has 0 aromatic rings. The summed E-state index contributed by atoms with van der Waals surface area (Å²) in [5, 5.41) is 8.68. The minimum absolute atomic E-state index is 0.113. The molecule has 14 heavy (non-hydrogen) atoms. The minimum atomic E-state index is -0.738. The van der Waals surface area contributed by atoms with E-state index in [1.807, 2.05) is 0 Å². The van der Waals surface area contributed by atoms with Gasteiger partial charge >= 0.3 is 0 Å². The van der Waals surface area contributed by atoms with E-state index < -0.39 is 6.10 Å². The Hall–Kier alpha value is -0.690. The molecule has 82 valence electrons. The van der Waals surface area contributed by atoms with Crippen molar-refractivity contribution in [2.24, 2.45) is 5.90 Å². The van der Waals surface area contributed by atoms with Crippen LogP contribution in [0.3, 0.4) is 0 Å². The van der Waals surface area contributed by atoms with Crippen LogP contribution in [0.4, 0.5) is 0 Å². The number of carbonyl (C=O) groups excluding carboxylic acids is 1. The monoisotopic (exact) mass is 204 g/mol. The zero-order chi connectivity index (χ0) is 10.4. The Balaban J connectivity index is 2.43. The van der Waals surface area contributed by atoms with Crippen molar-refractivity contribution in [1.29, 1.82) is 0 Å². The fourth-order valence-corrected chi connectivity index (χ4v) is 1.35. The molecule has 0 aliphatic carbocycles. The molecule has 6 nitrogen and oxygen atoms in total. The van der Waals surface area contributed by atoms with E-state index in [2.05, 4.69) is 4.84 Å². The van der Waals surface area contributed by atoms with Crippen LogP contribution >= 0.6 is 0 Å². The summed E-state index contributed by atoms with van der Waals surface area (Å²) in [5.41, 5.74) is 0. The molecular formula is C8H16N2O4. The van der Waals surface area contributed by atoms with E-state index in [4.69, 9.17) is 15.7 Å². The maximum Gasteiger partial charge on any atom is 0.254 e. The molecule has 0 saturated carbocycles. The van der Waals surface area contributed by atoms with Gasteiger partial charge < -0.3 is 14.7 Å². The molecule has 1 rings (SSSR count). The summed E-state index contributed by atoms with van der Waals surface area (Å²) in [7, 11) is 0. The molecule has 0 spiro atoms. The van der Waals surface area contributed by atoms with Gasteiger partial charge in [-0.15, -0.1) is 0 Å². The predicted octanol–water partition coefficient (Wildman–Crippen LogP) is -1.51. The van der Waals surface area contributed by atoms with Crippen LogP contribution in [-0.2, 0) is 14.4 Å². The third kappa shape index (κ3) is 2.91. The first-order valence-corrected chi connectivity index (χ1v) is 4.62. The van der Waals surface area contributed by atoms with Crippen LogP contribution in [0.15, 0.2) is 0 Å². The van der Waals surface area contributed by atoms with E-state index in [0.717, 1.165) is 0 Å². The molecule has 1 atom stereocenters. The van der Waals surface area contributed by atoms with Gasteiger partial charge in [0.2, 0.25) is 0 Å². The molecule has 1 amide bonds. The van der Waals surface area contributed by atoms with Gasteiger partial charge in [-0.1, -0.05) is 0 Å². The van der Waals surface area contributed by atoms with Crippen molar-refractivity contribution in [3.8, 4) is 0 Å². The number of hydrogen-bond acceptors (Lipinski definition) is 5. The van der Waals surface area contributed by atoms with Gasteiger partial charge in [0.15, 0.2) is 6.10 Å². The van der Waals surface area contributed by atoms with Gasteiger partial charge in [-0.2, -0.15) is 0 Å². The van der Waals surface area contributed by atoms with E-state index in [0.29, 0.717) is 26.3 Å². The average Bonchev–Trinajstić information content (AvgIpc) is 2.26. The molecule has 1 aliphatic heterocycles. The summed E-state index contributed by atoms with van der Waals surface area (Å²) >= 11 is 0. The molecule has 1 heterocycles. The lowest BCUT2D eigenvalue weighted by molar-refractivity contribution is -0.149. The number of carbonyl (C=O) groups is 1. The van der Waals surface area contributed by atoms with Gasteiger partial charge in [-0.3, -0.25) is 9.63 Å². The van der Waals surface area contributed by atoms with Crippen molar-refractivity contribution in [1.82, 2.24) is 4.90 Å². The Labute approximate surface area is 82.5 Å². The topological polar surface area (TPSA) is 85.0 Å². The molecule has 0 aromatic carbocycles. The molecule has 1 aliphatic rings. The van der Waals surface area contributed by atoms with Crippen LogP contribution in [0.2, 0.25) is 0 Å².